The van der Waals surface area contributed by atoms with E-state index < -0.39 is 5.41 Å². The Hall–Kier alpha value is -10.7. The van der Waals surface area contributed by atoms with E-state index in [0.29, 0.717) is 0 Å². The van der Waals surface area contributed by atoms with Crippen LogP contribution in [-0.2, 0) is 16.2 Å². The standard InChI is InChI=1S/C81H62N4O4/c1-47-25-39-71(82-45-47)84(53-33-27-49(28-34-53)79(3,4)5)63-43-61-75(73-57-19-11-15-23-67(57)88-77(63)73)76-62(44-64(78-74(76)58-20-12-16-24-68(58)89-78)85(72-40-26-48(2)46-83-72)54-35-29-50(30-36-54)80(6,7)8)81(61,51-31-37-69-59(41-51)55-17-9-13-21-65(55)86-69)52-32-38-70-60(42-52)56-18-10-14-22-66(56)87-70/h9-46H,1-8H3. The minimum atomic E-state index is -1.13. The molecular formula is C81H62N4O4. The lowest BCUT2D eigenvalue weighted by molar-refractivity contribution is 0.590. The van der Waals surface area contributed by atoms with Gasteiger partial charge in [-0.15, -0.1) is 0 Å². The molecule has 6 heterocycles. The van der Waals surface area contributed by atoms with E-state index in [9.17, 15) is 0 Å². The highest BCUT2D eigenvalue weighted by Gasteiger charge is 2.51. The van der Waals surface area contributed by atoms with Crippen LogP contribution in [0.3, 0.4) is 0 Å². The van der Waals surface area contributed by atoms with Crippen LogP contribution in [0.2, 0.25) is 0 Å². The van der Waals surface area contributed by atoms with Gasteiger partial charge in [0.1, 0.15) is 45.1 Å². The summed E-state index contributed by atoms with van der Waals surface area (Å²) in [4.78, 5) is 15.2. The van der Waals surface area contributed by atoms with E-state index >= 15 is 0 Å². The molecule has 0 aliphatic heterocycles. The van der Waals surface area contributed by atoms with Crippen molar-refractivity contribution in [1.82, 2.24) is 9.97 Å². The highest BCUT2D eigenvalue weighted by atomic mass is 16.3. The maximum atomic E-state index is 7.49. The van der Waals surface area contributed by atoms with E-state index in [2.05, 4.69) is 271 Å². The van der Waals surface area contributed by atoms with E-state index in [1.807, 2.05) is 24.5 Å². The highest BCUT2D eigenvalue weighted by molar-refractivity contribution is 6.27. The summed E-state index contributed by atoms with van der Waals surface area (Å²) in [6, 6.07) is 78.8. The third-order valence-corrected chi connectivity index (χ3v) is 18.6. The largest absolute Gasteiger partial charge is 0.456 e. The molecule has 0 N–H and O–H groups in total. The van der Waals surface area contributed by atoms with Crippen LogP contribution < -0.4 is 9.80 Å². The van der Waals surface area contributed by atoms with Crippen LogP contribution in [0.4, 0.5) is 34.4 Å². The monoisotopic (exact) mass is 1150 g/mol. The molecule has 89 heavy (non-hydrogen) atoms. The Balaban J connectivity index is 1.11. The van der Waals surface area contributed by atoms with Crippen LogP contribution in [0.25, 0.3) is 98.9 Å². The molecule has 0 amide bonds. The van der Waals surface area contributed by atoms with Crippen LogP contribution >= 0.6 is 0 Å². The molecule has 10 aromatic carbocycles. The molecular weight excluding hydrogens is 1090 g/mol. The molecule has 6 aromatic heterocycles. The first kappa shape index (κ1) is 52.6. The smallest absolute Gasteiger partial charge is 0.160 e. The van der Waals surface area contributed by atoms with Gasteiger partial charge in [-0.2, -0.15) is 0 Å². The third kappa shape index (κ3) is 7.92. The number of fused-ring (bicyclic) bond motifs is 17. The van der Waals surface area contributed by atoms with Crippen LogP contribution in [0.1, 0.15) is 86.1 Å². The van der Waals surface area contributed by atoms with Gasteiger partial charge < -0.3 is 17.7 Å². The molecule has 0 spiro atoms. The van der Waals surface area contributed by atoms with Crippen molar-refractivity contribution in [3.8, 4) is 11.1 Å². The zero-order chi connectivity index (χ0) is 60.2. The van der Waals surface area contributed by atoms with E-state index in [1.54, 1.807) is 0 Å². The number of hydrogen-bond acceptors (Lipinski definition) is 8. The number of hydrogen-bond donors (Lipinski definition) is 0. The van der Waals surface area contributed by atoms with E-state index in [0.717, 1.165) is 167 Å². The van der Waals surface area contributed by atoms with Crippen molar-refractivity contribution in [2.24, 2.45) is 0 Å². The summed E-state index contributed by atoms with van der Waals surface area (Å²) in [5.74, 6) is 1.51. The van der Waals surface area contributed by atoms with Gasteiger partial charge in [0.2, 0.25) is 0 Å². The van der Waals surface area contributed by atoms with Crippen molar-refractivity contribution in [1.29, 1.82) is 0 Å². The number of aromatic nitrogens is 2. The van der Waals surface area contributed by atoms with Crippen molar-refractivity contribution in [3.63, 3.8) is 0 Å². The van der Waals surface area contributed by atoms with Gasteiger partial charge in [-0.1, -0.05) is 163 Å². The number of aryl methyl sites for hydroxylation is 2. The van der Waals surface area contributed by atoms with Gasteiger partial charge in [-0.25, -0.2) is 9.97 Å². The minimum absolute atomic E-state index is 0.0817. The molecule has 1 aliphatic carbocycles. The molecule has 0 fully saturated rings. The summed E-state index contributed by atoms with van der Waals surface area (Å²) >= 11 is 0. The number of pyridine rings is 2. The van der Waals surface area contributed by atoms with E-state index in [1.165, 1.54) is 11.1 Å². The van der Waals surface area contributed by atoms with E-state index in [-0.39, 0.29) is 10.8 Å². The maximum Gasteiger partial charge on any atom is 0.160 e. The SMILES string of the molecule is Cc1ccc(N(c2ccc(C(C)(C)C)cc2)c2cc3c(c4c2oc2ccccc24)-c2c(cc(N(c4ccc(C(C)(C)C)cc4)c4ccc(C)cn4)c4oc5ccccc5c24)C3(c2ccc3oc4ccccc4c3c2)c2ccc3oc4ccccc4c3c2)nc1. The van der Waals surface area contributed by atoms with Gasteiger partial charge >= 0.3 is 0 Å². The molecule has 0 atom stereocenters. The number of anilines is 6. The predicted octanol–water partition coefficient (Wildman–Crippen LogP) is 22.6. The normalized spacial score (nSPS) is 13.3. The predicted molar refractivity (Wildman–Crippen MR) is 365 cm³/mol. The first-order chi connectivity index (χ1) is 43.2. The summed E-state index contributed by atoms with van der Waals surface area (Å²) in [7, 11) is 0. The van der Waals surface area contributed by atoms with Gasteiger partial charge in [-0.05, 0) is 177 Å². The van der Waals surface area contributed by atoms with E-state index in [4.69, 9.17) is 27.6 Å². The summed E-state index contributed by atoms with van der Waals surface area (Å²) in [5.41, 5.74) is 19.4. The molecule has 8 nitrogen and oxygen atoms in total. The lowest BCUT2D eigenvalue weighted by atomic mass is 9.67. The number of nitrogens with zero attached hydrogens (tertiary/aromatic N) is 4. The number of rotatable bonds is 8. The topological polar surface area (TPSA) is 84.8 Å². The molecule has 16 aromatic rings. The lowest BCUT2D eigenvalue weighted by Crippen LogP contribution is -2.29. The van der Waals surface area contributed by atoms with Crippen LogP contribution in [0.15, 0.2) is 248 Å². The van der Waals surface area contributed by atoms with Gasteiger partial charge in [0.05, 0.1) is 16.8 Å². The molecule has 0 saturated heterocycles. The Labute approximate surface area is 514 Å². The molecule has 1 aliphatic rings. The Morgan fingerprint density at radius 1 is 0.348 bits per heavy atom. The molecule has 0 unspecified atom stereocenters. The molecule has 0 radical (unpaired) electrons. The summed E-state index contributed by atoms with van der Waals surface area (Å²) in [5, 5.41) is 8.05. The Bertz CT molecular complexity index is 5190. The Kier molecular flexibility index (Phi) is 11.3. The molecule has 0 bridgehead atoms. The maximum absolute atomic E-state index is 7.49. The zero-order valence-corrected chi connectivity index (χ0v) is 50.9. The fraction of sp³-hybridized carbons (Fsp3) is 0.136. The lowest BCUT2D eigenvalue weighted by Gasteiger charge is -2.36. The minimum Gasteiger partial charge on any atom is -0.456 e. The summed E-state index contributed by atoms with van der Waals surface area (Å²) < 4.78 is 28.5. The number of para-hydroxylation sites is 4. The van der Waals surface area contributed by atoms with Gasteiger partial charge in [-0.3, -0.25) is 9.80 Å². The van der Waals surface area contributed by atoms with Gasteiger partial charge in [0.25, 0.3) is 0 Å². The van der Waals surface area contributed by atoms with Crippen LogP contribution in [-0.4, -0.2) is 9.97 Å². The van der Waals surface area contributed by atoms with Gasteiger partial charge in [0.15, 0.2) is 11.2 Å². The van der Waals surface area contributed by atoms with Crippen LogP contribution in [0.5, 0.6) is 0 Å². The van der Waals surface area contributed by atoms with Crippen molar-refractivity contribution in [2.75, 3.05) is 9.80 Å². The van der Waals surface area contributed by atoms with Crippen molar-refractivity contribution in [2.45, 2.75) is 71.6 Å². The number of benzene rings is 10. The molecule has 430 valence electrons. The molecule has 0 saturated carbocycles. The fourth-order valence-electron chi connectivity index (χ4n) is 14.3. The average Bonchev–Trinajstić information content (AvgIpc) is 1.51. The first-order valence-electron chi connectivity index (χ1n) is 30.7. The van der Waals surface area contributed by atoms with Crippen molar-refractivity contribution in [3.05, 3.63) is 275 Å². The summed E-state index contributed by atoms with van der Waals surface area (Å²) in [6.45, 7) is 17.7. The molecule has 8 heteroatoms. The number of furan rings is 4. The van der Waals surface area contributed by atoms with Gasteiger partial charge in [0, 0.05) is 66.9 Å². The summed E-state index contributed by atoms with van der Waals surface area (Å²) in [6.07, 6.45) is 3.91. The second-order valence-corrected chi connectivity index (χ2v) is 26.3. The van der Waals surface area contributed by atoms with Crippen molar-refractivity contribution >= 4 is 122 Å². The third-order valence-electron chi connectivity index (χ3n) is 18.6. The highest BCUT2D eigenvalue weighted by Crippen LogP contribution is 2.65. The van der Waals surface area contributed by atoms with Crippen LogP contribution in [0, 0.1) is 13.8 Å². The second-order valence-electron chi connectivity index (χ2n) is 26.3. The Morgan fingerprint density at radius 3 is 1.08 bits per heavy atom. The molecule has 17 rings (SSSR count). The zero-order valence-electron chi connectivity index (χ0n) is 50.9. The average molecular weight is 1160 g/mol. The Morgan fingerprint density at radius 2 is 0.708 bits per heavy atom. The van der Waals surface area contributed by atoms with Crippen molar-refractivity contribution < 1.29 is 17.7 Å². The first-order valence-corrected chi connectivity index (χ1v) is 30.7. The quantitative estimate of drug-likeness (QED) is 0.149. The second kappa shape index (κ2) is 19.1. The fourth-order valence-corrected chi connectivity index (χ4v) is 14.3.